The molecule has 0 heterocycles. The van der Waals surface area contributed by atoms with Gasteiger partial charge in [0.15, 0.2) is 0 Å². The summed E-state index contributed by atoms with van der Waals surface area (Å²) in [5.74, 6) is 0.0912. The van der Waals surface area contributed by atoms with Gasteiger partial charge in [0, 0.05) is 24.3 Å². The van der Waals surface area contributed by atoms with E-state index in [4.69, 9.17) is 21.1 Å². The Morgan fingerprint density at radius 3 is 2.24 bits per heavy atom. The third-order valence-corrected chi connectivity index (χ3v) is 5.84. The highest BCUT2D eigenvalue weighted by atomic mass is 35.5. The molecule has 2 rings (SSSR count). The van der Waals surface area contributed by atoms with Crippen LogP contribution >= 0.6 is 11.6 Å². The number of carbonyl (C=O) groups is 2. The number of amides is 2. The smallest absolute Gasteiger partial charge is 0.407 e. The minimum atomic E-state index is -4.06. The average Bonchev–Trinajstić information content (AvgIpc) is 2.71. The van der Waals surface area contributed by atoms with Crippen LogP contribution in [0.2, 0.25) is 5.02 Å². The van der Waals surface area contributed by atoms with Gasteiger partial charge in [0.05, 0.1) is 11.6 Å². The number of nitrogens with one attached hydrogen (secondary N) is 3. The lowest BCUT2D eigenvalue weighted by molar-refractivity contribution is 0.0526. The van der Waals surface area contributed by atoms with Crippen molar-refractivity contribution in [2.24, 2.45) is 0 Å². The Bertz CT molecular complexity index is 1080. The molecule has 0 aliphatic carbocycles. The highest BCUT2D eigenvalue weighted by Gasteiger charge is 2.21. The topological polar surface area (TPSA) is 123 Å². The first-order valence-electron chi connectivity index (χ1n) is 10.2. The van der Waals surface area contributed by atoms with E-state index in [2.05, 4.69) is 15.4 Å². The van der Waals surface area contributed by atoms with E-state index in [1.807, 2.05) is 6.92 Å². The number of sulfonamides is 1. The molecule has 2 amide bonds. The van der Waals surface area contributed by atoms with Gasteiger partial charge in [-0.1, -0.05) is 11.6 Å². The van der Waals surface area contributed by atoms with Gasteiger partial charge in [-0.05, 0) is 70.2 Å². The van der Waals surface area contributed by atoms with Crippen LogP contribution < -0.4 is 20.1 Å². The van der Waals surface area contributed by atoms with Crippen molar-refractivity contribution in [2.45, 2.75) is 38.2 Å². The molecule has 0 aromatic heterocycles. The lowest BCUT2D eigenvalue weighted by atomic mass is 10.2. The maximum Gasteiger partial charge on any atom is 0.407 e. The van der Waals surface area contributed by atoms with Crippen LogP contribution in [0.25, 0.3) is 0 Å². The molecule has 2 aromatic rings. The molecular weight excluding hydrogens is 470 g/mol. The van der Waals surface area contributed by atoms with E-state index in [-0.39, 0.29) is 28.6 Å². The van der Waals surface area contributed by atoms with Gasteiger partial charge in [-0.25, -0.2) is 13.2 Å². The Morgan fingerprint density at radius 2 is 1.64 bits per heavy atom. The lowest BCUT2D eigenvalue weighted by Gasteiger charge is -2.19. The van der Waals surface area contributed by atoms with E-state index in [0.717, 1.165) is 0 Å². The minimum absolute atomic E-state index is 0.0309. The number of ether oxygens (including phenoxy) is 2. The fraction of sp³-hybridized carbons (Fsp3) is 0.364. The Labute approximate surface area is 198 Å². The van der Waals surface area contributed by atoms with E-state index >= 15 is 0 Å². The molecule has 33 heavy (non-hydrogen) atoms. The van der Waals surface area contributed by atoms with E-state index < -0.39 is 27.6 Å². The van der Waals surface area contributed by atoms with Crippen LogP contribution in [0, 0.1) is 0 Å². The van der Waals surface area contributed by atoms with Gasteiger partial charge in [0.25, 0.3) is 15.9 Å². The fourth-order valence-corrected chi connectivity index (χ4v) is 4.19. The van der Waals surface area contributed by atoms with Crippen LogP contribution in [0.4, 0.5) is 10.5 Å². The second-order valence-corrected chi connectivity index (χ2v) is 9.95. The number of rotatable bonds is 9. The van der Waals surface area contributed by atoms with Crippen molar-refractivity contribution >= 4 is 39.3 Å². The third-order valence-electron chi connectivity index (χ3n) is 3.98. The number of carbonyl (C=O) groups excluding carboxylic acids is 2. The number of benzene rings is 2. The van der Waals surface area contributed by atoms with Gasteiger partial charge in [-0.3, -0.25) is 9.52 Å². The molecule has 0 saturated carbocycles. The first-order chi connectivity index (χ1) is 15.4. The molecule has 0 atom stereocenters. The molecule has 9 nitrogen and oxygen atoms in total. The number of hydrogen-bond acceptors (Lipinski definition) is 6. The van der Waals surface area contributed by atoms with Crippen LogP contribution in [0.5, 0.6) is 5.75 Å². The first kappa shape index (κ1) is 26.3. The van der Waals surface area contributed by atoms with E-state index in [1.165, 1.54) is 18.2 Å². The molecule has 0 radical (unpaired) electrons. The Kier molecular flexibility index (Phi) is 8.95. The van der Waals surface area contributed by atoms with Crippen LogP contribution in [-0.2, 0) is 14.8 Å². The van der Waals surface area contributed by atoms with Crippen molar-refractivity contribution in [2.75, 3.05) is 24.4 Å². The molecule has 0 fully saturated rings. The summed E-state index contributed by atoms with van der Waals surface area (Å²) in [6, 6.07) is 10.3. The maximum absolute atomic E-state index is 12.8. The second kappa shape index (κ2) is 11.2. The zero-order chi connectivity index (χ0) is 24.6. The predicted molar refractivity (Wildman–Crippen MR) is 126 cm³/mol. The molecule has 2 aromatic carbocycles. The van der Waals surface area contributed by atoms with Crippen molar-refractivity contribution in [3.05, 3.63) is 53.1 Å². The van der Waals surface area contributed by atoms with Crippen LogP contribution in [0.15, 0.2) is 47.4 Å². The number of anilines is 1. The van der Waals surface area contributed by atoms with Crippen molar-refractivity contribution in [3.63, 3.8) is 0 Å². The Hall–Kier alpha value is -2.98. The van der Waals surface area contributed by atoms with Crippen molar-refractivity contribution in [3.8, 4) is 5.75 Å². The molecule has 0 aliphatic heterocycles. The lowest BCUT2D eigenvalue weighted by Crippen LogP contribution is -2.37. The molecule has 0 aliphatic rings. The molecule has 0 bridgehead atoms. The van der Waals surface area contributed by atoms with Crippen molar-refractivity contribution in [1.82, 2.24) is 10.6 Å². The van der Waals surface area contributed by atoms with E-state index in [9.17, 15) is 18.0 Å². The van der Waals surface area contributed by atoms with Crippen molar-refractivity contribution < 1.29 is 27.5 Å². The zero-order valence-electron chi connectivity index (χ0n) is 18.9. The SMILES string of the molecule is CCOc1ccc(NS(=O)(=O)c2cc(C(=O)NCCNC(=O)OC(C)(C)C)ccc2Cl)cc1. The number of halogens is 1. The largest absolute Gasteiger partial charge is 0.494 e. The summed E-state index contributed by atoms with van der Waals surface area (Å²) in [5, 5.41) is 5.09. The normalized spacial score (nSPS) is 11.4. The second-order valence-electron chi connectivity index (χ2n) is 7.89. The Morgan fingerprint density at radius 1 is 1.00 bits per heavy atom. The van der Waals surface area contributed by atoms with E-state index in [1.54, 1.807) is 45.0 Å². The molecular formula is C22H28ClN3O6S. The van der Waals surface area contributed by atoms with Gasteiger partial charge in [-0.2, -0.15) is 0 Å². The number of alkyl carbamates (subject to hydrolysis) is 1. The highest BCUT2D eigenvalue weighted by molar-refractivity contribution is 7.92. The summed E-state index contributed by atoms with van der Waals surface area (Å²) >= 11 is 6.10. The molecule has 3 N–H and O–H groups in total. The van der Waals surface area contributed by atoms with Crippen LogP contribution in [0.1, 0.15) is 38.1 Å². The summed E-state index contributed by atoms with van der Waals surface area (Å²) in [6.07, 6.45) is -0.600. The maximum atomic E-state index is 12.8. The quantitative estimate of drug-likeness (QED) is 0.453. The van der Waals surface area contributed by atoms with Gasteiger partial charge >= 0.3 is 6.09 Å². The molecule has 11 heteroatoms. The summed E-state index contributed by atoms with van der Waals surface area (Å²) in [7, 11) is -4.06. The van der Waals surface area contributed by atoms with E-state index in [0.29, 0.717) is 18.0 Å². The summed E-state index contributed by atoms with van der Waals surface area (Å²) in [5.41, 5.74) is -0.209. The summed E-state index contributed by atoms with van der Waals surface area (Å²) < 4.78 is 38.6. The van der Waals surface area contributed by atoms with Gasteiger partial charge in [0.2, 0.25) is 0 Å². The molecule has 0 saturated heterocycles. The fourth-order valence-electron chi connectivity index (χ4n) is 2.60. The van der Waals surface area contributed by atoms with Crippen molar-refractivity contribution in [1.29, 1.82) is 0 Å². The number of hydrogen-bond donors (Lipinski definition) is 3. The van der Waals surface area contributed by atoms with Gasteiger partial charge in [-0.15, -0.1) is 0 Å². The zero-order valence-corrected chi connectivity index (χ0v) is 20.5. The highest BCUT2D eigenvalue weighted by Crippen LogP contribution is 2.26. The van der Waals surface area contributed by atoms with Crippen LogP contribution in [-0.4, -0.2) is 45.7 Å². The minimum Gasteiger partial charge on any atom is -0.494 e. The van der Waals surface area contributed by atoms with Gasteiger partial charge in [0.1, 0.15) is 16.2 Å². The van der Waals surface area contributed by atoms with Crippen LogP contribution in [0.3, 0.4) is 0 Å². The molecule has 0 unspecified atom stereocenters. The monoisotopic (exact) mass is 497 g/mol. The molecule has 0 spiro atoms. The first-order valence-corrected chi connectivity index (χ1v) is 12.1. The summed E-state index contributed by atoms with van der Waals surface area (Å²) in [4.78, 5) is 23.8. The Balaban J connectivity index is 2.02. The standard InChI is InChI=1S/C22H28ClN3O6S/c1-5-31-17-9-7-16(8-10-17)26-33(29,30)19-14-15(6-11-18(19)23)20(27)24-12-13-25-21(28)32-22(2,3)4/h6-11,14,26H,5,12-13H2,1-4H3,(H,24,27)(H,25,28). The van der Waals surface area contributed by atoms with Gasteiger partial charge < -0.3 is 20.1 Å². The predicted octanol–water partition coefficient (Wildman–Crippen LogP) is 3.79. The molecule has 180 valence electrons. The summed E-state index contributed by atoms with van der Waals surface area (Å²) in [6.45, 7) is 7.82. The third kappa shape index (κ3) is 8.47. The average molecular weight is 498 g/mol.